The van der Waals surface area contributed by atoms with Gasteiger partial charge in [-0.25, -0.2) is 0 Å². The maximum Gasteiger partial charge on any atom is 0.119 e. The molecule has 0 amide bonds. The summed E-state index contributed by atoms with van der Waals surface area (Å²) in [6.45, 7) is -0.462. The first-order valence-electron chi connectivity index (χ1n) is 10.9. The predicted octanol–water partition coefficient (Wildman–Crippen LogP) is 2.72. The van der Waals surface area contributed by atoms with Gasteiger partial charge in [0.15, 0.2) is 0 Å². The molecule has 174 valence electrons. The van der Waals surface area contributed by atoms with E-state index in [1.807, 2.05) is 42.1 Å². The van der Waals surface area contributed by atoms with Gasteiger partial charge in [0.05, 0.1) is 6.61 Å². The minimum absolute atomic E-state index is 0.284. The molecule has 4 rings (SSSR count). The van der Waals surface area contributed by atoms with Crippen molar-refractivity contribution in [2.75, 3.05) is 18.1 Å². The molecule has 0 radical (unpaired) electrons. The van der Waals surface area contributed by atoms with E-state index in [4.69, 9.17) is 21.1 Å². The van der Waals surface area contributed by atoms with Crippen molar-refractivity contribution in [3.8, 4) is 5.75 Å². The van der Waals surface area contributed by atoms with Crippen LogP contribution in [0, 0.1) is 0 Å². The highest BCUT2D eigenvalue weighted by Crippen LogP contribution is 2.34. The molecule has 32 heavy (non-hydrogen) atoms. The molecule has 6 nitrogen and oxygen atoms in total. The summed E-state index contributed by atoms with van der Waals surface area (Å²) in [6, 6.07) is 13.3. The molecule has 0 saturated carbocycles. The van der Waals surface area contributed by atoms with Gasteiger partial charge < -0.3 is 29.9 Å². The summed E-state index contributed by atoms with van der Waals surface area (Å²) in [4.78, 5) is 0. The third-order valence-corrected chi connectivity index (χ3v) is 7.50. The van der Waals surface area contributed by atoms with Crippen LogP contribution in [0.4, 0.5) is 0 Å². The second-order valence-corrected chi connectivity index (χ2v) is 9.98. The maximum atomic E-state index is 10.4. The molecule has 0 aliphatic carbocycles. The SMILES string of the molecule is OCC1O[C@@H](c2ccc(Cl)c(Cc3ccc(OC4CCSCC4)cc3)c2)[C@H](O)[C@@H](O)[C@@H]1O. The van der Waals surface area contributed by atoms with E-state index in [0.29, 0.717) is 17.0 Å². The number of hydrogen-bond acceptors (Lipinski definition) is 7. The van der Waals surface area contributed by atoms with Crippen LogP contribution in [0.5, 0.6) is 5.75 Å². The Bertz CT molecular complexity index is 887. The van der Waals surface area contributed by atoms with E-state index in [0.717, 1.165) is 41.2 Å². The highest BCUT2D eigenvalue weighted by molar-refractivity contribution is 7.99. The fourth-order valence-electron chi connectivity index (χ4n) is 4.18. The van der Waals surface area contributed by atoms with E-state index in [9.17, 15) is 20.4 Å². The van der Waals surface area contributed by atoms with Crippen LogP contribution in [-0.4, -0.2) is 69.1 Å². The Kier molecular flexibility index (Phi) is 8.00. The van der Waals surface area contributed by atoms with Crippen LogP contribution in [0.3, 0.4) is 0 Å². The monoisotopic (exact) mass is 480 g/mol. The van der Waals surface area contributed by atoms with E-state index in [-0.39, 0.29) is 6.10 Å². The molecule has 4 N–H and O–H groups in total. The van der Waals surface area contributed by atoms with Crippen LogP contribution in [0.25, 0.3) is 0 Å². The smallest absolute Gasteiger partial charge is 0.119 e. The summed E-state index contributed by atoms with van der Waals surface area (Å²) in [5, 5.41) is 40.6. The molecule has 2 fully saturated rings. The number of aliphatic hydroxyl groups excluding tert-OH is 4. The lowest BCUT2D eigenvalue weighted by Crippen LogP contribution is -2.55. The second kappa shape index (κ2) is 10.7. The van der Waals surface area contributed by atoms with Crippen molar-refractivity contribution in [2.45, 2.75) is 55.9 Å². The molecular formula is C24H29ClO6S. The normalized spacial score (nSPS) is 29.1. The van der Waals surface area contributed by atoms with Gasteiger partial charge in [0.25, 0.3) is 0 Å². The summed E-state index contributed by atoms with van der Waals surface area (Å²) < 4.78 is 11.8. The summed E-state index contributed by atoms with van der Waals surface area (Å²) in [5.41, 5.74) is 2.53. The van der Waals surface area contributed by atoms with Crippen molar-refractivity contribution in [1.29, 1.82) is 0 Å². The molecule has 0 spiro atoms. The van der Waals surface area contributed by atoms with Crippen molar-refractivity contribution in [1.82, 2.24) is 0 Å². The Morgan fingerprint density at radius 3 is 2.38 bits per heavy atom. The van der Waals surface area contributed by atoms with Gasteiger partial charge in [-0.3, -0.25) is 0 Å². The van der Waals surface area contributed by atoms with Crippen molar-refractivity contribution < 1.29 is 29.9 Å². The third-order valence-electron chi connectivity index (χ3n) is 6.08. The number of ether oxygens (including phenoxy) is 2. The zero-order valence-electron chi connectivity index (χ0n) is 17.6. The zero-order valence-corrected chi connectivity index (χ0v) is 19.2. The topological polar surface area (TPSA) is 99.4 Å². The van der Waals surface area contributed by atoms with Gasteiger partial charge in [-0.05, 0) is 65.7 Å². The summed E-state index contributed by atoms with van der Waals surface area (Å²) in [7, 11) is 0. The molecule has 2 aromatic rings. The number of benzene rings is 2. The van der Waals surface area contributed by atoms with Crippen molar-refractivity contribution in [2.24, 2.45) is 0 Å². The Morgan fingerprint density at radius 2 is 1.69 bits per heavy atom. The van der Waals surface area contributed by atoms with Crippen LogP contribution < -0.4 is 4.74 Å². The molecule has 2 heterocycles. The maximum absolute atomic E-state index is 10.4. The fraction of sp³-hybridized carbons (Fsp3) is 0.500. The minimum Gasteiger partial charge on any atom is -0.490 e. The molecule has 8 heteroatoms. The van der Waals surface area contributed by atoms with Gasteiger partial charge in [-0.2, -0.15) is 11.8 Å². The van der Waals surface area contributed by atoms with Gasteiger partial charge in [-0.1, -0.05) is 35.9 Å². The molecule has 1 unspecified atom stereocenters. The lowest BCUT2D eigenvalue weighted by molar-refractivity contribution is -0.231. The standard InChI is InChI=1S/C24H29ClO6S/c25-19-6-3-15(24-23(29)22(28)21(27)20(13-26)31-24)12-16(19)11-14-1-4-17(5-2-14)30-18-7-9-32-10-8-18/h1-6,12,18,20-24,26-29H,7-11,13H2/t20?,21-,22+,23-,24+/m1/s1. The van der Waals surface area contributed by atoms with E-state index in [1.165, 1.54) is 0 Å². The van der Waals surface area contributed by atoms with Crippen LogP contribution >= 0.6 is 23.4 Å². The highest BCUT2D eigenvalue weighted by atomic mass is 35.5. The van der Waals surface area contributed by atoms with Gasteiger partial charge in [0, 0.05) is 5.02 Å². The van der Waals surface area contributed by atoms with Gasteiger partial charge in [0.1, 0.15) is 42.4 Å². The van der Waals surface area contributed by atoms with Crippen LogP contribution in [0.2, 0.25) is 5.02 Å². The first-order valence-corrected chi connectivity index (χ1v) is 12.4. The zero-order chi connectivity index (χ0) is 22.7. The van der Waals surface area contributed by atoms with Crippen LogP contribution in [0.1, 0.15) is 35.6 Å². The summed E-state index contributed by atoms with van der Waals surface area (Å²) >= 11 is 8.40. The molecule has 2 saturated heterocycles. The third kappa shape index (κ3) is 5.42. The number of hydrogen-bond donors (Lipinski definition) is 4. The van der Waals surface area contributed by atoms with E-state index in [2.05, 4.69) is 0 Å². The summed E-state index contributed by atoms with van der Waals surface area (Å²) in [6.07, 6.45) is -2.95. The predicted molar refractivity (Wildman–Crippen MR) is 124 cm³/mol. The molecular weight excluding hydrogens is 452 g/mol. The molecule has 2 aromatic carbocycles. The molecule has 0 aromatic heterocycles. The Hall–Kier alpha value is -1.32. The number of halogens is 1. The van der Waals surface area contributed by atoms with Gasteiger partial charge in [-0.15, -0.1) is 0 Å². The average Bonchev–Trinajstić information content (AvgIpc) is 2.81. The Labute approximate surface area is 197 Å². The average molecular weight is 481 g/mol. The van der Waals surface area contributed by atoms with Crippen molar-refractivity contribution in [3.05, 3.63) is 64.2 Å². The molecule has 5 atom stereocenters. The Morgan fingerprint density at radius 1 is 0.969 bits per heavy atom. The number of aliphatic hydroxyl groups is 4. The van der Waals surface area contributed by atoms with Crippen molar-refractivity contribution in [3.63, 3.8) is 0 Å². The fourth-order valence-corrected chi connectivity index (χ4v) is 5.42. The van der Waals surface area contributed by atoms with Gasteiger partial charge >= 0.3 is 0 Å². The minimum atomic E-state index is -1.42. The lowest BCUT2D eigenvalue weighted by Gasteiger charge is -2.40. The van der Waals surface area contributed by atoms with Crippen LogP contribution in [0.15, 0.2) is 42.5 Å². The number of rotatable bonds is 6. The largest absolute Gasteiger partial charge is 0.490 e. The Balaban J connectivity index is 1.47. The lowest BCUT2D eigenvalue weighted by atomic mass is 9.90. The van der Waals surface area contributed by atoms with E-state index < -0.39 is 37.1 Å². The molecule has 2 aliphatic rings. The van der Waals surface area contributed by atoms with E-state index in [1.54, 1.807) is 12.1 Å². The quantitative estimate of drug-likeness (QED) is 0.504. The molecule has 0 bridgehead atoms. The number of thioether (sulfide) groups is 1. The second-order valence-electron chi connectivity index (χ2n) is 8.35. The molecule has 2 aliphatic heterocycles. The highest BCUT2D eigenvalue weighted by Gasteiger charge is 2.44. The first-order chi connectivity index (χ1) is 15.5. The van der Waals surface area contributed by atoms with Crippen molar-refractivity contribution >= 4 is 23.4 Å². The summed E-state index contributed by atoms with van der Waals surface area (Å²) in [5.74, 6) is 3.16. The van der Waals surface area contributed by atoms with E-state index >= 15 is 0 Å². The first kappa shape index (κ1) is 23.8. The van der Waals surface area contributed by atoms with Crippen LogP contribution in [-0.2, 0) is 11.2 Å². The van der Waals surface area contributed by atoms with Gasteiger partial charge in [0.2, 0.25) is 0 Å².